The van der Waals surface area contributed by atoms with E-state index in [4.69, 9.17) is 28.4 Å². The van der Waals surface area contributed by atoms with Crippen molar-refractivity contribution in [2.75, 3.05) is 26.4 Å². The Morgan fingerprint density at radius 1 is 0.603 bits per heavy atom. The molecule has 0 saturated heterocycles. The lowest BCUT2D eigenvalue weighted by atomic mass is 9.99. The quantitative estimate of drug-likeness (QED) is 0.0349. The van der Waals surface area contributed by atoms with E-state index >= 15 is 0 Å². The third kappa shape index (κ3) is 13.1. The van der Waals surface area contributed by atoms with Gasteiger partial charge in [0.1, 0.15) is 30.8 Å². The van der Waals surface area contributed by atoms with Gasteiger partial charge in [0.15, 0.2) is 17.0 Å². The first-order chi connectivity index (χ1) is 30.1. The molecule has 2 atom stereocenters. The zero-order valence-corrected chi connectivity index (χ0v) is 39.2. The van der Waals surface area contributed by atoms with Gasteiger partial charge in [-0.15, -0.1) is 22.7 Å². The van der Waals surface area contributed by atoms with Crippen LogP contribution in [-0.2, 0) is 28.5 Å². The van der Waals surface area contributed by atoms with Crippen molar-refractivity contribution in [3.63, 3.8) is 0 Å². The van der Waals surface area contributed by atoms with Gasteiger partial charge in [-0.25, -0.2) is 0 Å². The second-order valence-electron chi connectivity index (χ2n) is 17.3. The summed E-state index contributed by atoms with van der Waals surface area (Å²) in [7, 11) is 0. The molecule has 336 valence electrons. The van der Waals surface area contributed by atoms with Crippen LogP contribution in [0.25, 0.3) is 40.3 Å². The molecule has 63 heavy (non-hydrogen) atoms. The fraction of sp³-hybridized carbons (Fsp3) is 0.451. The molecule has 4 aromatic carbocycles. The highest BCUT2D eigenvalue weighted by atomic mass is 32.1. The number of hydrogen-bond acceptors (Lipinski definition) is 12. The van der Waals surface area contributed by atoms with E-state index in [-0.39, 0.29) is 42.6 Å². The minimum Gasteiger partial charge on any atom is -0.490 e. The Kier molecular flexibility index (Phi) is 16.4. The average molecular weight is 897 g/mol. The van der Waals surface area contributed by atoms with Crippen LogP contribution in [0.1, 0.15) is 98.5 Å². The van der Waals surface area contributed by atoms with Crippen molar-refractivity contribution in [1.29, 1.82) is 0 Å². The summed E-state index contributed by atoms with van der Waals surface area (Å²) < 4.78 is 40.5. The fourth-order valence-corrected chi connectivity index (χ4v) is 9.70. The highest BCUT2D eigenvalue weighted by molar-refractivity contribution is 7.25. The molecule has 0 aliphatic rings. The van der Waals surface area contributed by atoms with Crippen LogP contribution in [0.4, 0.5) is 0 Å². The molecular formula is C51H60O10S2. The number of hydrogen-bond donors (Lipinski definition) is 0. The molecule has 0 spiro atoms. The Balaban J connectivity index is 0.996. The van der Waals surface area contributed by atoms with Crippen LogP contribution >= 0.6 is 22.7 Å². The lowest BCUT2D eigenvalue weighted by Crippen LogP contribution is -2.36. The van der Waals surface area contributed by atoms with Gasteiger partial charge in [0.25, 0.3) is 0 Å². The largest absolute Gasteiger partial charge is 0.490 e. The van der Waals surface area contributed by atoms with Crippen LogP contribution < -0.4 is 20.3 Å². The van der Waals surface area contributed by atoms with Crippen molar-refractivity contribution in [1.82, 2.24) is 0 Å². The minimum atomic E-state index is -0.649. The van der Waals surface area contributed by atoms with Gasteiger partial charge in [0.05, 0.1) is 17.8 Å². The lowest BCUT2D eigenvalue weighted by molar-refractivity contribution is -0.159. The van der Waals surface area contributed by atoms with Gasteiger partial charge < -0.3 is 28.4 Å². The normalized spacial score (nSPS) is 13.1. The second-order valence-corrected chi connectivity index (χ2v) is 19.5. The maximum absolute atomic E-state index is 13.4. The first-order valence-corrected chi connectivity index (χ1v) is 23.6. The third-order valence-corrected chi connectivity index (χ3v) is 13.3. The molecule has 0 N–H and O–H groups in total. The molecule has 0 aliphatic heterocycles. The van der Waals surface area contributed by atoms with Gasteiger partial charge in [-0.3, -0.25) is 19.2 Å². The van der Waals surface area contributed by atoms with Crippen molar-refractivity contribution in [3.8, 4) is 11.5 Å². The Morgan fingerprint density at radius 3 is 1.86 bits per heavy atom. The summed E-state index contributed by atoms with van der Waals surface area (Å²) in [5, 5.41) is 2.56. The first-order valence-electron chi connectivity index (χ1n) is 22.0. The third-order valence-electron chi connectivity index (χ3n) is 10.8. The SMILES string of the molecule is CCCC(=O)OC(COc1cc(C)c2sc3ccccc3c(=O)c2c1)COC(C)(C)CCCCOC(C)(C)CC(COc1ccc2sc3ccccc3c(=O)c2c1)OC(=O)CCC. The van der Waals surface area contributed by atoms with Crippen LogP contribution in [0.3, 0.4) is 0 Å². The summed E-state index contributed by atoms with van der Waals surface area (Å²) in [6, 6.07) is 24.4. The molecule has 0 amide bonds. The summed E-state index contributed by atoms with van der Waals surface area (Å²) in [5.74, 6) is 0.470. The summed E-state index contributed by atoms with van der Waals surface area (Å²) in [5.41, 5.74) is -0.277. The number of aryl methyl sites for hydroxylation is 1. The van der Waals surface area contributed by atoms with E-state index in [1.807, 2.05) is 115 Å². The summed E-state index contributed by atoms with van der Waals surface area (Å²) in [6.45, 7) is 14.7. The maximum Gasteiger partial charge on any atom is 0.306 e. The molecular weight excluding hydrogens is 837 g/mol. The van der Waals surface area contributed by atoms with Crippen LogP contribution in [-0.4, -0.2) is 61.8 Å². The molecule has 0 fully saturated rings. The van der Waals surface area contributed by atoms with E-state index in [0.717, 1.165) is 43.6 Å². The van der Waals surface area contributed by atoms with Gasteiger partial charge in [-0.2, -0.15) is 0 Å². The number of rotatable bonds is 23. The maximum atomic E-state index is 13.4. The first kappa shape index (κ1) is 47.6. The van der Waals surface area contributed by atoms with Crippen molar-refractivity contribution < 1.29 is 38.0 Å². The van der Waals surface area contributed by atoms with Gasteiger partial charge in [-0.1, -0.05) is 38.1 Å². The Bertz CT molecular complexity index is 2650. The monoisotopic (exact) mass is 896 g/mol. The van der Waals surface area contributed by atoms with Crippen molar-refractivity contribution in [3.05, 3.63) is 105 Å². The van der Waals surface area contributed by atoms with Crippen LogP contribution in [0.5, 0.6) is 11.5 Å². The van der Waals surface area contributed by atoms with Crippen molar-refractivity contribution in [2.45, 2.75) is 123 Å². The lowest BCUT2D eigenvalue weighted by Gasteiger charge is -2.31. The summed E-state index contributed by atoms with van der Waals surface area (Å²) in [6.07, 6.45) is 3.46. The van der Waals surface area contributed by atoms with Gasteiger partial charge in [0.2, 0.25) is 0 Å². The molecule has 2 unspecified atom stereocenters. The molecule has 0 radical (unpaired) electrons. The topological polar surface area (TPSA) is 124 Å². The van der Waals surface area contributed by atoms with E-state index in [1.54, 1.807) is 34.8 Å². The predicted octanol–water partition coefficient (Wildman–Crippen LogP) is 11.5. The van der Waals surface area contributed by atoms with Crippen molar-refractivity contribution >= 4 is 75.0 Å². The van der Waals surface area contributed by atoms with E-state index in [2.05, 4.69) is 0 Å². The Morgan fingerprint density at radius 2 is 1.17 bits per heavy atom. The number of esters is 2. The number of benzene rings is 4. The van der Waals surface area contributed by atoms with Crippen LogP contribution in [0, 0.1) is 6.92 Å². The fourth-order valence-electron chi connectivity index (χ4n) is 7.52. The number of ether oxygens (including phenoxy) is 6. The standard InChI is InChI=1S/C51H60O10S2/c1-8-16-45(52)60-36(30-56-34-22-23-44-40(27-34)47(54)38-18-10-12-20-42(38)62-44)29-51(6,7)58-25-15-14-24-50(4,5)59-32-37(61-46(53)17-9-2)31-57-35-26-33(3)49-41(28-35)48(55)39-19-11-13-21-43(39)63-49/h10-13,18-23,26-28,36-37H,8-9,14-17,24-25,29-32H2,1-7H3. The van der Waals surface area contributed by atoms with E-state index in [1.165, 1.54) is 0 Å². The van der Waals surface area contributed by atoms with E-state index in [9.17, 15) is 19.2 Å². The number of carbonyl (C=O) groups excluding carboxylic acids is 2. The van der Waals surface area contributed by atoms with E-state index in [0.29, 0.717) is 71.8 Å². The molecule has 0 bridgehead atoms. The number of carbonyl (C=O) groups is 2. The summed E-state index contributed by atoms with van der Waals surface area (Å²) >= 11 is 3.15. The van der Waals surface area contributed by atoms with Crippen LogP contribution in [0.15, 0.2) is 88.5 Å². The Hall–Kier alpha value is -4.88. The van der Waals surface area contributed by atoms with Gasteiger partial charge in [-0.05, 0) is 127 Å². The highest BCUT2D eigenvalue weighted by Gasteiger charge is 2.28. The number of fused-ring (bicyclic) bond motifs is 4. The van der Waals surface area contributed by atoms with Crippen LogP contribution in [0.2, 0.25) is 0 Å². The zero-order valence-electron chi connectivity index (χ0n) is 37.5. The second kappa shape index (κ2) is 21.7. The molecule has 0 aliphatic carbocycles. The van der Waals surface area contributed by atoms with Gasteiger partial charge in [0, 0.05) is 66.2 Å². The molecule has 6 rings (SSSR count). The molecule has 12 heteroatoms. The molecule has 0 saturated carbocycles. The highest BCUT2D eigenvalue weighted by Crippen LogP contribution is 2.32. The molecule has 2 aromatic heterocycles. The van der Waals surface area contributed by atoms with Gasteiger partial charge >= 0.3 is 11.9 Å². The average Bonchev–Trinajstić information content (AvgIpc) is 3.24. The Labute approximate surface area is 377 Å². The predicted molar refractivity (Wildman–Crippen MR) is 255 cm³/mol. The van der Waals surface area contributed by atoms with Crippen molar-refractivity contribution in [2.24, 2.45) is 0 Å². The van der Waals surface area contributed by atoms with E-state index < -0.39 is 23.4 Å². The molecule has 10 nitrogen and oxygen atoms in total. The minimum absolute atomic E-state index is 0.0340. The zero-order chi connectivity index (χ0) is 45.1. The molecule has 6 aromatic rings. The number of unbranched alkanes of at least 4 members (excludes halogenated alkanes) is 1. The smallest absolute Gasteiger partial charge is 0.306 e. The summed E-state index contributed by atoms with van der Waals surface area (Å²) in [4.78, 5) is 51.9. The molecule has 2 heterocycles.